The van der Waals surface area contributed by atoms with Gasteiger partial charge in [-0.05, 0) is 57.8 Å². The maximum Gasteiger partial charge on any atom is 0.191 e. The molecule has 2 aromatic rings. The fraction of sp³-hybridized carbons (Fsp3) is 0.500. The number of aliphatic imine (C=N–C) groups is 1. The van der Waals surface area contributed by atoms with Crippen LogP contribution in [0.4, 0.5) is 0 Å². The third kappa shape index (κ3) is 7.37. The van der Waals surface area contributed by atoms with E-state index < -0.39 is 0 Å². The third-order valence-corrected chi connectivity index (χ3v) is 4.95. The average molecular weight is 501 g/mol. The average Bonchev–Trinajstić information content (AvgIpc) is 2.94. The van der Waals surface area contributed by atoms with Crippen molar-refractivity contribution in [2.24, 2.45) is 4.99 Å². The SMILES string of the molecule is CCNC(=NCc1c(C)nn(-c2ccccc2)c1C)NCCCCSC.I. The van der Waals surface area contributed by atoms with E-state index in [1.54, 1.807) is 0 Å². The Morgan fingerprint density at radius 1 is 1.15 bits per heavy atom. The summed E-state index contributed by atoms with van der Waals surface area (Å²) in [7, 11) is 0. The first-order chi connectivity index (χ1) is 12.7. The number of hydrogen-bond acceptors (Lipinski definition) is 3. The molecule has 0 saturated heterocycles. The van der Waals surface area contributed by atoms with Crippen molar-refractivity contribution in [2.45, 2.75) is 40.2 Å². The van der Waals surface area contributed by atoms with E-state index in [1.165, 1.54) is 17.7 Å². The summed E-state index contributed by atoms with van der Waals surface area (Å²) < 4.78 is 2.00. The van der Waals surface area contributed by atoms with Crippen LogP contribution >= 0.6 is 35.7 Å². The molecule has 7 heteroatoms. The molecule has 2 N–H and O–H groups in total. The maximum absolute atomic E-state index is 4.77. The summed E-state index contributed by atoms with van der Waals surface area (Å²) in [5.74, 6) is 2.09. The van der Waals surface area contributed by atoms with Crippen molar-refractivity contribution in [3.05, 3.63) is 47.3 Å². The van der Waals surface area contributed by atoms with Crippen LogP contribution in [0, 0.1) is 13.8 Å². The molecule has 0 bridgehead atoms. The summed E-state index contributed by atoms with van der Waals surface area (Å²) in [6.45, 7) is 8.70. The van der Waals surface area contributed by atoms with E-state index in [9.17, 15) is 0 Å². The number of halogens is 1. The van der Waals surface area contributed by atoms with Crippen molar-refractivity contribution < 1.29 is 0 Å². The zero-order valence-corrected chi connectivity index (χ0v) is 19.9. The van der Waals surface area contributed by atoms with Gasteiger partial charge in [0.2, 0.25) is 0 Å². The number of unbranched alkanes of at least 4 members (excludes halogenated alkanes) is 1. The highest BCUT2D eigenvalue weighted by atomic mass is 127. The van der Waals surface area contributed by atoms with Crippen LogP contribution in [-0.2, 0) is 6.54 Å². The Bertz CT molecular complexity index is 700. The second-order valence-corrected chi connectivity index (χ2v) is 7.20. The van der Waals surface area contributed by atoms with E-state index in [2.05, 4.69) is 49.8 Å². The largest absolute Gasteiger partial charge is 0.357 e. The zero-order valence-electron chi connectivity index (χ0n) is 16.8. The van der Waals surface area contributed by atoms with Gasteiger partial charge in [0.1, 0.15) is 0 Å². The van der Waals surface area contributed by atoms with E-state index >= 15 is 0 Å². The predicted molar refractivity (Wildman–Crippen MR) is 129 cm³/mol. The Balaban J connectivity index is 0.00000364. The molecule has 150 valence electrons. The third-order valence-electron chi connectivity index (χ3n) is 4.25. The van der Waals surface area contributed by atoms with Gasteiger partial charge >= 0.3 is 0 Å². The van der Waals surface area contributed by atoms with Gasteiger partial charge < -0.3 is 10.6 Å². The molecule has 1 heterocycles. The topological polar surface area (TPSA) is 54.2 Å². The molecule has 27 heavy (non-hydrogen) atoms. The van der Waals surface area contributed by atoms with Gasteiger partial charge in [-0.15, -0.1) is 24.0 Å². The minimum absolute atomic E-state index is 0. The molecule has 0 aliphatic carbocycles. The normalized spacial score (nSPS) is 11.2. The first-order valence-electron chi connectivity index (χ1n) is 9.29. The minimum Gasteiger partial charge on any atom is -0.357 e. The van der Waals surface area contributed by atoms with Crippen LogP contribution < -0.4 is 10.6 Å². The Morgan fingerprint density at radius 3 is 2.56 bits per heavy atom. The summed E-state index contributed by atoms with van der Waals surface area (Å²) in [6, 6.07) is 10.2. The molecule has 0 unspecified atom stereocenters. The van der Waals surface area contributed by atoms with Gasteiger partial charge in [-0.1, -0.05) is 18.2 Å². The molecule has 0 atom stereocenters. The van der Waals surface area contributed by atoms with Gasteiger partial charge in [0.25, 0.3) is 0 Å². The molecule has 0 saturated carbocycles. The van der Waals surface area contributed by atoms with Crippen LogP contribution in [0.1, 0.15) is 36.7 Å². The van der Waals surface area contributed by atoms with Gasteiger partial charge in [0.15, 0.2) is 5.96 Å². The molecule has 5 nitrogen and oxygen atoms in total. The number of thioether (sulfide) groups is 1. The number of aryl methyl sites for hydroxylation is 1. The number of para-hydroxylation sites is 1. The zero-order chi connectivity index (χ0) is 18.8. The predicted octanol–water partition coefficient (Wildman–Crippen LogP) is 4.31. The van der Waals surface area contributed by atoms with E-state index in [0.29, 0.717) is 6.54 Å². The Hall–Kier alpha value is -1.22. The lowest BCUT2D eigenvalue weighted by Gasteiger charge is -2.11. The monoisotopic (exact) mass is 501 g/mol. The van der Waals surface area contributed by atoms with Crippen molar-refractivity contribution >= 4 is 41.7 Å². The van der Waals surface area contributed by atoms with Crippen molar-refractivity contribution in [1.29, 1.82) is 0 Å². The van der Waals surface area contributed by atoms with E-state index in [4.69, 9.17) is 10.1 Å². The summed E-state index contributed by atoms with van der Waals surface area (Å²) in [5, 5.41) is 11.5. The molecule has 0 amide bonds. The number of aromatic nitrogens is 2. The van der Waals surface area contributed by atoms with E-state index in [1.807, 2.05) is 34.6 Å². The number of rotatable bonds is 9. The van der Waals surface area contributed by atoms with Gasteiger partial charge in [-0.2, -0.15) is 16.9 Å². The summed E-state index contributed by atoms with van der Waals surface area (Å²) in [6.07, 6.45) is 4.55. The fourth-order valence-corrected chi connectivity index (χ4v) is 3.30. The molecule has 0 radical (unpaired) electrons. The van der Waals surface area contributed by atoms with Crippen LogP contribution in [-0.4, -0.2) is 40.8 Å². The van der Waals surface area contributed by atoms with Crippen LogP contribution in [0.2, 0.25) is 0 Å². The molecule has 0 aliphatic rings. The molecule has 1 aromatic heterocycles. The summed E-state index contributed by atoms with van der Waals surface area (Å²) >= 11 is 1.90. The molecular weight excluding hydrogens is 469 g/mol. The first-order valence-corrected chi connectivity index (χ1v) is 10.7. The molecule has 0 aliphatic heterocycles. The second-order valence-electron chi connectivity index (χ2n) is 6.22. The number of hydrogen-bond donors (Lipinski definition) is 2. The number of nitrogens with zero attached hydrogens (tertiary/aromatic N) is 3. The minimum atomic E-state index is 0. The number of nitrogens with one attached hydrogen (secondary N) is 2. The van der Waals surface area contributed by atoms with Crippen molar-refractivity contribution in [3.63, 3.8) is 0 Å². The van der Waals surface area contributed by atoms with Crippen molar-refractivity contribution in [1.82, 2.24) is 20.4 Å². The van der Waals surface area contributed by atoms with Crippen molar-refractivity contribution in [2.75, 3.05) is 25.1 Å². The lowest BCUT2D eigenvalue weighted by atomic mass is 10.2. The molecule has 0 spiro atoms. The quantitative estimate of drug-likeness (QED) is 0.233. The number of guanidine groups is 1. The Labute approximate surface area is 184 Å². The highest BCUT2D eigenvalue weighted by Gasteiger charge is 2.12. The summed E-state index contributed by atoms with van der Waals surface area (Å²) in [5.41, 5.74) is 4.45. The lowest BCUT2D eigenvalue weighted by Crippen LogP contribution is -2.37. The molecule has 1 aromatic carbocycles. The Morgan fingerprint density at radius 2 is 1.89 bits per heavy atom. The van der Waals surface area contributed by atoms with Crippen LogP contribution in [0.3, 0.4) is 0 Å². The second kappa shape index (κ2) is 13.0. The van der Waals surface area contributed by atoms with Crippen LogP contribution in [0.15, 0.2) is 35.3 Å². The number of benzene rings is 1. The van der Waals surface area contributed by atoms with Gasteiger partial charge in [-0.3, -0.25) is 0 Å². The van der Waals surface area contributed by atoms with E-state index in [-0.39, 0.29) is 24.0 Å². The van der Waals surface area contributed by atoms with Gasteiger partial charge in [0.05, 0.1) is 17.9 Å². The van der Waals surface area contributed by atoms with Crippen molar-refractivity contribution in [3.8, 4) is 5.69 Å². The lowest BCUT2D eigenvalue weighted by molar-refractivity contribution is 0.734. The smallest absolute Gasteiger partial charge is 0.191 e. The van der Waals surface area contributed by atoms with Crippen LogP contribution in [0.5, 0.6) is 0 Å². The maximum atomic E-state index is 4.77. The van der Waals surface area contributed by atoms with Crippen LogP contribution in [0.25, 0.3) is 5.69 Å². The van der Waals surface area contributed by atoms with Gasteiger partial charge in [0, 0.05) is 24.3 Å². The first kappa shape index (κ1) is 23.8. The Kier molecular flexibility index (Phi) is 11.5. The fourth-order valence-electron chi connectivity index (χ4n) is 2.80. The molecule has 2 rings (SSSR count). The van der Waals surface area contributed by atoms with E-state index in [0.717, 1.165) is 42.5 Å². The highest BCUT2D eigenvalue weighted by molar-refractivity contribution is 14.0. The summed E-state index contributed by atoms with van der Waals surface area (Å²) in [4.78, 5) is 4.77. The standard InChI is InChI=1S/C20H31N5S.HI/c1-5-21-20(22-13-9-10-14-26-4)23-15-19-16(2)24-25(17(19)3)18-11-7-6-8-12-18;/h6-8,11-12H,5,9-10,13-15H2,1-4H3,(H2,21,22,23);1H. The highest BCUT2D eigenvalue weighted by Crippen LogP contribution is 2.18. The molecule has 0 fully saturated rings. The molecular formula is C20H32IN5S. The van der Waals surface area contributed by atoms with Gasteiger partial charge in [-0.25, -0.2) is 9.67 Å².